The van der Waals surface area contributed by atoms with Crippen molar-refractivity contribution in [1.82, 2.24) is 14.9 Å². The molecule has 32 heavy (non-hydrogen) atoms. The van der Waals surface area contributed by atoms with Gasteiger partial charge in [0, 0.05) is 53.4 Å². The van der Waals surface area contributed by atoms with Gasteiger partial charge in [-0.25, -0.2) is 4.39 Å². The van der Waals surface area contributed by atoms with Gasteiger partial charge in [-0.15, -0.1) is 0 Å². The second-order valence-corrected chi connectivity index (χ2v) is 8.05. The number of pyridine rings is 2. The molecule has 0 saturated carbocycles. The van der Waals surface area contributed by atoms with Crippen molar-refractivity contribution in [3.63, 3.8) is 0 Å². The molecule has 1 unspecified atom stereocenters. The van der Waals surface area contributed by atoms with Crippen LogP contribution in [-0.2, 0) is 0 Å². The molecule has 8 heteroatoms. The maximum absolute atomic E-state index is 13.9. The summed E-state index contributed by atoms with van der Waals surface area (Å²) < 4.78 is 20.0. The van der Waals surface area contributed by atoms with Gasteiger partial charge < -0.3 is 9.64 Å². The van der Waals surface area contributed by atoms with E-state index in [1.165, 1.54) is 12.1 Å². The molecule has 168 valence electrons. The van der Waals surface area contributed by atoms with Crippen molar-refractivity contribution in [2.45, 2.75) is 33.8 Å². The van der Waals surface area contributed by atoms with E-state index >= 15 is 0 Å². The molecule has 2 aromatic heterocycles. The second kappa shape index (κ2) is 10.3. The van der Waals surface area contributed by atoms with Gasteiger partial charge in [-0.05, 0) is 52.0 Å². The lowest BCUT2D eigenvalue weighted by atomic mass is 10.1. The lowest BCUT2D eigenvalue weighted by Crippen LogP contribution is -2.30. The molecule has 1 amide bonds. The third kappa shape index (κ3) is 5.03. The van der Waals surface area contributed by atoms with E-state index in [2.05, 4.69) is 9.97 Å². The zero-order chi connectivity index (χ0) is 23.4. The van der Waals surface area contributed by atoms with E-state index in [0.717, 1.165) is 11.1 Å². The van der Waals surface area contributed by atoms with E-state index in [1.54, 1.807) is 43.4 Å². The molecule has 0 bridgehead atoms. The third-order valence-corrected chi connectivity index (χ3v) is 5.91. The van der Waals surface area contributed by atoms with Crippen LogP contribution in [0.3, 0.4) is 0 Å². The fraction of sp³-hybridized carbons (Fsp3) is 0.292. The Morgan fingerprint density at radius 3 is 2.50 bits per heavy atom. The normalized spacial score (nSPS) is 11.8. The first-order chi connectivity index (χ1) is 15.3. The number of halogens is 3. The summed E-state index contributed by atoms with van der Waals surface area (Å²) >= 11 is 12.4. The van der Waals surface area contributed by atoms with Crippen LogP contribution in [0.1, 0.15) is 48.5 Å². The van der Waals surface area contributed by atoms with E-state index in [-0.39, 0.29) is 10.9 Å². The van der Waals surface area contributed by atoms with E-state index in [1.807, 2.05) is 19.9 Å². The summed E-state index contributed by atoms with van der Waals surface area (Å²) in [4.78, 5) is 23.1. The highest BCUT2D eigenvalue weighted by molar-refractivity contribution is 6.36. The molecule has 0 aliphatic heterocycles. The Morgan fingerprint density at radius 2 is 1.81 bits per heavy atom. The largest absolute Gasteiger partial charge is 0.484 e. The van der Waals surface area contributed by atoms with Gasteiger partial charge in [-0.2, -0.15) is 0 Å². The Labute approximate surface area is 197 Å². The molecule has 0 fully saturated rings. The van der Waals surface area contributed by atoms with Gasteiger partial charge in [0.2, 0.25) is 0 Å². The summed E-state index contributed by atoms with van der Waals surface area (Å²) in [6.45, 7) is 8.65. The second-order valence-electron chi connectivity index (χ2n) is 7.26. The maximum Gasteiger partial charge on any atom is 0.255 e. The van der Waals surface area contributed by atoms with Crippen LogP contribution in [0.2, 0.25) is 10.0 Å². The molecule has 2 heterocycles. The van der Waals surface area contributed by atoms with Crippen molar-refractivity contribution in [3.05, 3.63) is 75.5 Å². The van der Waals surface area contributed by atoms with Crippen LogP contribution in [0, 0.1) is 12.7 Å². The molecule has 0 aliphatic carbocycles. The average Bonchev–Trinajstić information content (AvgIpc) is 2.79. The summed E-state index contributed by atoms with van der Waals surface area (Å²) in [6, 6.07) is 6.26. The molecule has 0 spiro atoms. The Hall–Kier alpha value is -2.70. The number of carbonyl (C=O) groups excluding carboxylic acids is 1. The zero-order valence-electron chi connectivity index (χ0n) is 18.3. The number of carbonyl (C=O) groups is 1. The van der Waals surface area contributed by atoms with Crippen LogP contribution in [0.5, 0.6) is 5.75 Å². The van der Waals surface area contributed by atoms with Gasteiger partial charge >= 0.3 is 0 Å². The molecule has 0 aliphatic rings. The van der Waals surface area contributed by atoms with Crippen LogP contribution in [0.4, 0.5) is 4.39 Å². The number of aromatic nitrogens is 2. The van der Waals surface area contributed by atoms with Crippen molar-refractivity contribution in [3.8, 4) is 16.9 Å². The number of hydrogen-bond acceptors (Lipinski definition) is 4. The molecule has 0 saturated heterocycles. The van der Waals surface area contributed by atoms with Crippen molar-refractivity contribution < 1.29 is 13.9 Å². The number of nitrogens with zero attached hydrogens (tertiary/aromatic N) is 3. The molecule has 0 N–H and O–H groups in total. The van der Waals surface area contributed by atoms with Crippen molar-refractivity contribution in [2.75, 3.05) is 13.1 Å². The van der Waals surface area contributed by atoms with Gasteiger partial charge in [0.1, 0.15) is 17.7 Å². The number of rotatable bonds is 7. The van der Waals surface area contributed by atoms with E-state index in [0.29, 0.717) is 40.7 Å². The van der Waals surface area contributed by atoms with Gasteiger partial charge in [-0.1, -0.05) is 23.2 Å². The minimum Gasteiger partial charge on any atom is -0.484 e. The number of ether oxygens (including phenoxy) is 1. The predicted molar refractivity (Wildman–Crippen MR) is 125 cm³/mol. The summed E-state index contributed by atoms with van der Waals surface area (Å²) in [7, 11) is 0. The number of benzene rings is 1. The molecule has 5 nitrogen and oxygen atoms in total. The van der Waals surface area contributed by atoms with Crippen LogP contribution in [-0.4, -0.2) is 33.9 Å². The fourth-order valence-corrected chi connectivity index (χ4v) is 4.04. The summed E-state index contributed by atoms with van der Waals surface area (Å²) in [5.74, 6) is -0.150. The Kier molecular flexibility index (Phi) is 7.69. The van der Waals surface area contributed by atoms with Crippen LogP contribution in [0.25, 0.3) is 11.1 Å². The van der Waals surface area contributed by atoms with Crippen LogP contribution in [0.15, 0.2) is 42.9 Å². The van der Waals surface area contributed by atoms with Crippen molar-refractivity contribution in [2.24, 2.45) is 0 Å². The first kappa shape index (κ1) is 24.0. The SMILES string of the molecule is CCN(CC)C(=O)c1cncc(-c2cnc(C)c(OC(C)c3c(Cl)ccc(F)c3Cl)c2)c1. The molecular formula is C24H24Cl2FN3O2. The van der Waals surface area contributed by atoms with Crippen LogP contribution >= 0.6 is 23.2 Å². The van der Waals surface area contributed by atoms with E-state index in [4.69, 9.17) is 27.9 Å². The average molecular weight is 476 g/mol. The number of aryl methyl sites for hydroxylation is 1. The molecule has 3 rings (SSSR count). The van der Waals surface area contributed by atoms with Crippen molar-refractivity contribution >= 4 is 29.1 Å². The molecule has 1 atom stereocenters. The fourth-order valence-electron chi connectivity index (χ4n) is 3.36. The zero-order valence-corrected chi connectivity index (χ0v) is 19.8. The highest BCUT2D eigenvalue weighted by Crippen LogP contribution is 2.36. The first-order valence-electron chi connectivity index (χ1n) is 10.3. The summed E-state index contributed by atoms with van der Waals surface area (Å²) in [5, 5.41) is 0.246. The van der Waals surface area contributed by atoms with Gasteiger partial charge in [-0.3, -0.25) is 14.8 Å². The Morgan fingerprint density at radius 1 is 1.12 bits per heavy atom. The monoisotopic (exact) mass is 475 g/mol. The van der Waals surface area contributed by atoms with Gasteiger partial charge in [0.25, 0.3) is 5.91 Å². The molecular weight excluding hydrogens is 452 g/mol. The topological polar surface area (TPSA) is 55.3 Å². The molecule has 3 aromatic rings. The predicted octanol–water partition coefficient (Wildman–Crippen LogP) is 6.52. The quantitative estimate of drug-likeness (QED) is 0.365. The first-order valence-corrected chi connectivity index (χ1v) is 11.0. The van der Waals surface area contributed by atoms with E-state index in [9.17, 15) is 9.18 Å². The lowest BCUT2D eigenvalue weighted by molar-refractivity contribution is 0.0772. The standard InChI is InChI=1S/C24H24Cl2FN3O2/c1-5-30(6-2)24(31)18-9-16(11-28-12-18)17-10-21(14(3)29-13-17)32-15(4)22-19(25)7-8-20(27)23(22)26/h7-13,15H,5-6H2,1-4H3. The third-order valence-electron chi connectivity index (χ3n) is 5.20. The highest BCUT2D eigenvalue weighted by Gasteiger charge is 2.20. The molecule has 1 aromatic carbocycles. The maximum atomic E-state index is 13.9. The van der Waals surface area contributed by atoms with Crippen LogP contribution < -0.4 is 4.74 Å². The number of amides is 1. The van der Waals surface area contributed by atoms with Gasteiger partial charge in [0.05, 0.1) is 16.3 Å². The minimum absolute atomic E-state index is 0.0708. The van der Waals surface area contributed by atoms with Crippen molar-refractivity contribution in [1.29, 1.82) is 0 Å². The van der Waals surface area contributed by atoms with E-state index < -0.39 is 11.9 Å². The lowest BCUT2D eigenvalue weighted by Gasteiger charge is -2.20. The Bertz CT molecular complexity index is 1140. The summed E-state index contributed by atoms with van der Waals surface area (Å²) in [5.41, 5.74) is 2.98. The summed E-state index contributed by atoms with van der Waals surface area (Å²) in [6.07, 6.45) is 4.30. The number of hydrogen-bond donors (Lipinski definition) is 0. The smallest absolute Gasteiger partial charge is 0.255 e. The molecule has 0 radical (unpaired) electrons. The van der Waals surface area contributed by atoms with Gasteiger partial charge in [0.15, 0.2) is 0 Å². The Balaban J connectivity index is 1.93. The minimum atomic E-state index is -0.616. The highest BCUT2D eigenvalue weighted by atomic mass is 35.5.